The SMILES string of the molecule is Cc1c(/C=N\NC(=O)Cc2ccc([N+](=O)[O-])cc2)c2ccccc2n1Cc1ccc(F)cc1. The first-order valence-electron chi connectivity index (χ1n) is 10.3. The van der Waals surface area contributed by atoms with Crippen LogP contribution in [0.25, 0.3) is 10.9 Å². The molecule has 3 aromatic carbocycles. The number of hydrogen-bond donors (Lipinski definition) is 1. The van der Waals surface area contributed by atoms with Crippen molar-refractivity contribution in [3.63, 3.8) is 0 Å². The maximum Gasteiger partial charge on any atom is 0.269 e. The number of aromatic nitrogens is 1. The molecule has 0 saturated heterocycles. The molecular weight excluding hydrogens is 423 g/mol. The lowest BCUT2D eigenvalue weighted by molar-refractivity contribution is -0.384. The number of nitrogens with one attached hydrogen (secondary N) is 1. The molecule has 0 radical (unpaired) electrons. The lowest BCUT2D eigenvalue weighted by atomic mass is 10.1. The number of halogens is 1. The van der Waals surface area contributed by atoms with Gasteiger partial charge in [0.25, 0.3) is 5.69 Å². The number of non-ortho nitro benzene ring substituents is 1. The first-order valence-corrected chi connectivity index (χ1v) is 10.3. The number of rotatable bonds is 7. The number of hydrogen-bond acceptors (Lipinski definition) is 4. The number of nitro groups is 1. The van der Waals surface area contributed by atoms with E-state index in [-0.39, 0.29) is 23.8 Å². The molecule has 0 aliphatic heterocycles. The van der Waals surface area contributed by atoms with Gasteiger partial charge in [-0.25, -0.2) is 9.82 Å². The maximum absolute atomic E-state index is 13.3. The number of carbonyl (C=O) groups is 1. The Morgan fingerprint density at radius 1 is 1.06 bits per heavy atom. The molecule has 8 heteroatoms. The number of nitro benzene ring substituents is 1. The lowest BCUT2D eigenvalue weighted by Gasteiger charge is -2.08. The Kier molecular flexibility index (Phi) is 6.26. The van der Waals surface area contributed by atoms with Crippen molar-refractivity contribution in [3.05, 3.63) is 111 Å². The molecule has 1 heterocycles. The minimum Gasteiger partial charge on any atom is -0.340 e. The van der Waals surface area contributed by atoms with E-state index in [2.05, 4.69) is 15.1 Å². The fourth-order valence-electron chi connectivity index (χ4n) is 3.73. The predicted octanol–water partition coefficient (Wildman–Crippen LogP) is 4.74. The van der Waals surface area contributed by atoms with Crippen molar-refractivity contribution in [2.24, 2.45) is 5.10 Å². The number of benzene rings is 3. The van der Waals surface area contributed by atoms with Crippen LogP contribution in [0.2, 0.25) is 0 Å². The van der Waals surface area contributed by atoms with Crippen LogP contribution in [0.15, 0.2) is 77.9 Å². The van der Waals surface area contributed by atoms with Crippen molar-refractivity contribution in [2.75, 3.05) is 0 Å². The van der Waals surface area contributed by atoms with Crippen LogP contribution in [0.5, 0.6) is 0 Å². The van der Waals surface area contributed by atoms with Gasteiger partial charge < -0.3 is 4.57 Å². The second-order valence-corrected chi connectivity index (χ2v) is 7.62. The Bertz CT molecular complexity index is 1340. The van der Waals surface area contributed by atoms with Crippen LogP contribution in [-0.4, -0.2) is 21.6 Å². The molecule has 0 atom stereocenters. The molecule has 0 bridgehead atoms. The monoisotopic (exact) mass is 444 g/mol. The van der Waals surface area contributed by atoms with Crippen molar-refractivity contribution < 1.29 is 14.1 Å². The van der Waals surface area contributed by atoms with Crippen LogP contribution in [0.3, 0.4) is 0 Å². The highest BCUT2D eigenvalue weighted by atomic mass is 19.1. The summed E-state index contributed by atoms with van der Waals surface area (Å²) in [6.45, 7) is 2.55. The zero-order valence-corrected chi connectivity index (χ0v) is 17.9. The van der Waals surface area contributed by atoms with Gasteiger partial charge in [0.05, 0.1) is 17.6 Å². The minimum atomic E-state index is -0.483. The quantitative estimate of drug-likeness (QED) is 0.254. The highest BCUT2D eigenvalue weighted by molar-refractivity contribution is 6.01. The lowest BCUT2D eigenvalue weighted by Crippen LogP contribution is -2.19. The van der Waals surface area contributed by atoms with Gasteiger partial charge in [-0.2, -0.15) is 5.10 Å². The first-order chi connectivity index (χ1) is 15.9. The second kappa shape index (κ2) is 9.44. The van der Waals surface area contributed by atoms with E-state index in [1.807, 2.05) is 31.2 Å². The highest BCUT2D eigenvalue weighted by Gasteiger charge is 2.13. The maximum atomic E-state index is 13.3. The number of hydrazone groups is 1. The third kappa shape index (κ3) is 4.95. The summed E-state index contributed by atoms with van der Waals surface area (Å²) >= 11 is 0. The van der Waals surface area contributed by atoms with Crippen LogP contribution < -0.4 is 5.43 Å². The Morgan fingerprint density at radius 2 is 1.73 bits per heavy atom. The van der Waals surface area contributed by atoms with E-state index in [9.17, 15) is 19.3 Å². The molecule has 0 aliphatic rings. The van der Waals surface area contributed by atoms with E-state index >= 15 is 0 Å². The molecule has 0 unspecified atom stereocenters. The van der Waals surface area contributed by atoms with Crippen molar-refractivity contribution >= 4 is 28.7 Å². The van der Waals surface area contributed by atoms with Gasteiger partial charge in [0, 0.05) is 40.8 Å². The highest BCUT2D eigenvalue weighted by Crippen LogP contribution is 2.25. The van der Waals surface area contributed by atoms with Gasteiger partial charge in [-0.1, -0.05) is 42.5 Å². The standard InChI is InChI=1S/C25H21FN4O3/c1-17-23(15-27-28-25(31)14-18-8-12-21(13-9-18)30(32)33)22-4-2-3-5-24(22)29(17)16-19-6-10-20(26)11-7-19/h2-13,15H,14,16H2,1H3,(H,28,31)/b27-15-. The van der Waals surface area contributed by atoms with Crippen molar-refractivity contribution in [1.29, 1.82) is 0 Å². The minimum absolute atomic E-state index is 0.0234. The largest absolute Gasteiger partial charge is 0.340 e. The van der Waals surface area contributed by atoms with E-state index in [1.54, 1.807) is 30.5 Å². The smallest absolute Gasteiger partial charge is 0.269 e. The average molecular weight is 444 g/mol. The topological polar surface area (TPSA) is 89.5 Å². The van der Waals surface area contributed by atoms with Crippen LogP contribution in [0.4, 0.5) is 10.1 Å². The number of amides is 1. The molecule has 7 nitrogen and oxygen atoms in total. The Balaban J connectivity index is 1.51. The first kappa shape index (κ1) is 21.9. The molecule has 33 heavy (non-hydrogen) atoms. The number of para-hydroxylation sites is 1. The zero-order valence-electron chi connectivity index (χ0n) is 17.9. The normalized spacial score (nSPS) is 11.2. The van der Waals surface area contributed by atoms with Gasteiger partial charge in [-0.3, -0.25) is 14.9 Å². The molecule has 1 amide bonds. The van der Waals surface area contributed by atoms with Gasteiger partial charge in [-0.05, 0) is 36.2 Å². The molecule has 4 aromatic rings. The molecule has 4 rings (SSSR count). The van der Waals surface area contributed by atoms with E-state index in [0.717, 1.165) is 27.7 Å². The van der Waals surface area contributed by atoms with Gasteiger partial charge >= 0.3 is 0 Å². The second-order valence-electron chi connectivity index (χ2n) is 7.62. The molecule has 1 aromatic heterocycles. The fourth-order valence-corrected chi connectivity index (χ4v) is 3.73. The summed E-state index contributed by atoms with van der Waals surface area (Å²) in [5, 5.41) is 15.9. The Hall–Kier alpha value is -4.33. The summed E-state index contributed by atoms with van der Waals surface area (Å²) in [7, 11) is 0. The fraction of sp³-hybridized carbons (Fsp3) is 0.120. The Labute approximate surface area is 189 Å². The number of fused-ring (bicyclic) bond motifs is 1. The van der Waals surface area contributed by atoms with Crippen molar-refractivity contribution in [2.45, 2.75) is 19.9 Å². The molecule has 1 N–H and O–H groups in total. The average Bonchev–Trinajstić information content (AvgIpc) is 3.07. The van der Waals surface area contributed by atoms with Gasteiger partial charge in [-0.15, -0.1) is 0 Å². The summed E-state index contributed by atoms with van der Waals surface area (Å²) in [4.78, 5) is 22.5. The molecule has 0 aliphatic carbocycles. The summed E-state index contributed by atoms with van der Waals surface area (Å²) < 4.78 is 15.4. The number of carbonyl (C=O) groups excluding carboxylic acids is 1. The van der Waals surface area contributed by atoms with Crippen molar-refractivity contribution in [1.82, 2.24) is 9.99 Å². The van der Waals surface area contributed by atoms with Gasteiger partial charge in [0.15, 0.2) is 0 Å². The van der Waals surface area contributed by atoms with Gasteiger partial charge in [0.2, 0.25) is 5.91 Å². The predicted molar refractivity (Wildman–Crippen MR) is 125 cm³/mol. The molecule has 0 spiro atoms. The van der Waals surface area contributed by atoms with Crippen molar-refractivity contribution in [3.8, 4) is 0 Å². The van der Waals surface area contributed by atoms with E-state index in [4.69, 9.17) is 0 Å². The van der Waals surface area contributed by atoms with Crippen LogP contribution in [0, 0.1) is 22.9 Å². The molecular formula is C25H21FN4O3. The van der Waals surface area contributed by atoms with E-state index in [0.29, 0.717) is 12.1 Å². The summed E-state index contributed by atoms with van der Waals surface area (Å²) in [6.07, 6.45) is 1.67. The van der Waals surface area contributed by atoms with Crippen LogP contribution in [0.1, 0.15) is 22.4 Å². The van der Waals surface area contributed by atoms with Gasteiger partial charge in [0.1, 0.15) is 5.82 Å². The zero-order chi connectivity index (χ0) is 23.4. The summed E-state index contributed by atoms with van der Waals surface area (Å²) in [5.41, 5.74) is 6.98. The molecule has 166 valence electrons. The van der Waals surface area contributed by atoms with Crippen LogP contribution in [-0.2, 0) is 17.8 Å². The third-order valence-electron chi connectivity index (χ3n) is 5.43. The van der Waals surface area contributed by atoms with Crippen LogP contribution >= 0.6 is 0 Å². The third-order valence-corrected chi connectivity index (χ3v) is 5.43. The van der Waals surface area contributed by atoms with E-state index in [1.165, 1.54) is 24.3 Å². The summed E-state index contributed by atoms with van der Waals surface area (Å²) in [5.74, 6) is -0.599. The Morgan fingerprint density at radius 3 is 2.42 bits per heavy atom. The number of nitrogens with zero attached hydrogens (tertiary/aromatic N) is 3. The molecule has 0 fully saturated rings. The van der Waals surface area contributed by atoms with E-state index < -0.39 is 4.92 Å². The molecule has 0 saturated carbocycles. The summed E-state index contributed by atoms with van der Waals surface area (Å²) in [6, 6.07) is 20.1.